The quantitative estimate of drug-likeness (QED) is 0.439. The maximum absolute atomic E-state index is 13.0. The van der Waals surface area contributed by atoms with Crippen molar-refractivity contribution in [1.29, 1.82) is 0 Å². The van der Waals surface area contributed by atoms with Crippen LogP contribution in [0.2, 0.25) is 0 Å². The predicted octanol–water partition coefficient (Wildman–Crippen LogP) is 3.92. The molecule has 0 radical (unpaired) electrons. The summed E-state index contributed by atoms with van der Waals surface area (Å²) in [6.45, 7) is 2.53. The van der Waals surface area contributed by atoms with Crippen molar-refractivity contribution in [2.75, 3.05) is 5.32 Å². The number of rotatable bonds is 6. The van der Waals surface area contributed by atoms with E-state index in [0.717, 1.165) is 30.4 Å². The van der Waals surface area contributed by atoms with Gasteiger partial charge in [0.25, 0.3) is 5.91 Å². The molecule has 1 aromatic carbocycles. The molecular weight excluding hydrogens is 434 g/mol. The number of carbonyl (C=O) groups excluding carboxylic acids is 1. The van der Waals surface area contributed by atoms with E-state index >= 15 is 0 Å². The van der Waals surface area contributed by atoms with Crippen molar-refractivity contribution in [1.82, 2.24) is 24.5 Å². The van der Waals surface area contributed by atoms with Crippen molar-refractivity contribution in [3.63, 3.8) is 0 Å². The average Bonchev–Trinajstić information content (AvgIpc) is 3.42. The molecule has 1 amide bonds. The number of nitro groups is 1. The van der Waals surface area contributed by atoms with E-state index in [1.165, 1.54) is 31.8 Å². The van der Waals surface area contributed by atoms with Crippen molar-refractivity contribution < 1.29 is 9.72 Å². The highest BCUT2D eigenvalue weighted by molar-refractivity contribution is 6.04. The zero-order valence-corrected chi connectivity index (χ0v) is 19.1. The summed E-state index contributed by atoms with van der Waals surface area (Å²) in [5.41, 5.74) is 1.57. The monoisotopic (exact) mass is 461 g/mol. The summed E-state index contributed by atoms with van der Waals surface area (Å²) in [5, 5.41) is 23.2. The Morgan fingerprint density at radius 1 is 1.15 bits per heavy atom. The van der Waals surface area contributed by atoms with Gasteiger partial charge in [-0.05, 0) is 74.3 Å². The molecule has 4 aliphatic carbocycles. The first-order valence-corrected chi connectivity index (χ1v) is 11.9. The molecule has 3 aromatic rings. The molecule has 0 atom stereocenters. The normalized spacial score (nSPS) is 27.1. The Balaban J connectivity index is 1.23. The van der Waals surface area contributed by atoms with Gasteiger partial charge in [-0.1, -0.05) is 24.3 Å². The first-order valence-electron chi connectivity index (χ1n) is 11.9. The van der Waals surface area contributed by atoms with Gasteiger partial charge in [-0.2, -0.15) is 5.10 Å². The summed E-state index contributed by atoms with van der Waals surface area (Å²) >= 11 is 0. The molecule has 4 fully saturated rings. The first kappa shape index (κ1) is 21.0. The van der Waals surface area contributed by atoms with Crippen LogP contribution in [0.1, 0.15) is 60.1 Å². The molecular formula is C24H27N7O3. The molecule has 0 unspecified atom stereocenters. The zero-order chi connectivity index (χ0) is 23.4. The molecule has 4 saturated carbocycles. The van der Waals surface area contributed by atoms with Crippen LogP contribution in [0.15, 0.2) is 36.8 Å². The van der Waals surface area contributed by atoms with Gasteiger partial charge in [-0.25, -0.2) is 9.67 Å². The lowest BCUT2D eigenvalue weighted by Crippen LogP contribution is -2.52. The number of nitrogens with one attached hydrogen (secondary N) is 1. The number of carbonyl (C=O) groups is 1. The lowest BCUT2D eigenvalue weighted by molar-refractivity contribution is -0.385. The van der Waals surface area contributed by atoms with Crippen LogP contribution in [-0.4, -0.2) is 35.4 Å². The smallest absolute Gasteiger partial charge is 0.287 e. The molecule has 0 spiro atoms. The average molecular weight is 462 g/mol. The van der Waals surface area contributed by atoms with Gasteiger partial charge in [0.2, 0.25) is 11.6 Å². The molecule has 0 aliphatic heterocycles. The van der Waals surface area contributed by atoms with Gasteiger partial charge in [0.1, 0.15) is 12.5 Å². The third-order valence-electron chi connectivity index (χ3n) is 7.95. The zero-order valence-electron chi connectivity index (χ0n) is 19.1. The summed E-state index contributed by atoms with van der Waals surface area (Å²) in [4.78, 5) is 28.4. The van der Waals surface area contributed by atoms with Crippen LogP contribution in [-0.2, 0) is 12.1 Å². The van der Waals surface area contributed by atoms with E-state index < -0.39 is 10.8 Å². The van der Waals surface area contributed by atoms with Gasteiger partial charge >= 0.3 is 5.69 Å². The Kier molecular flexibility index (Phi) is 4.79. The van der Waals surface area contributed by atoms with E-state index in [1.54, 1.807) is 9.36 Å². The molecule has 1 N–H and O–H groups in total. The highest BCUT2D eigenvalue weighted by atomic mass is 16.6. The highest BCUT2D eigenvalue weighted by Gasteiger charge is 2.53. The second-order valence-corrected chi connectivity index (χ2v) is 10.4. The van der Waals surface area contributed by atoms with Gasteiger partial charge < -0.3 is 0 Å². The number of hydrogen-bond donors (Lipinski definition) is 1. The van der Waals surface area contributed by atoms with Gasteiger partial charge in [-0.15, -0.1) is 5.10 Å². The third kappa shape index (κ3) is 3.57. The third-order valence-corrected chi connectivity index (χ3v) is 7.95. The fourth-order valence-corrected chi connectivity index (χ4v) is 6.80. The second kappa shape index (κ2) is 7.75. The van der Waals surface area contributed by atoms with E-state index in [4.69, 9.17) is 0 Å². The van der Waals surface area contributed by atoms with Crippen molar-refractivity contribution in [2.45, 2.75) is 57.5 Å². The minimum absolute atomic E-state index is 0.0947. The Labute approximate surface area is 196 Å². The number of amides is 1. The second-order valence-electron chi connectivity index (χ2n) is 10.4. The first-order chi connectivity index (χ1) is 16.4. The summed E-state index contributed by atoms with van der Waals surface area (Å²) in [6.07, 6.45) is 9.74. The molecule has 4 aliphatic rings. The van der Waals surface area contributed by atoms with Gasteiger partial charge in [-0.3, -0.25) is 24.9 Å². The Morgan fingerprint density at radius 2 is 1.82 bits per heavy atom. The van der Waals surface area contributed by atoms with Crippen molar-refractivity contribution >= 4 is 17.5 Å². The minimum Gasteiger partial charge on any atom is -0.287 e. The summed E-state index contributed by atoms with van der Waals surface area (Å²) < 4.78 is 3.37. The van der Waals surface area contributed by atoms with Crippen LogP contribution >= 0.6 is 0 Å². The van der Waals surface area contributed by atoms with Gasteiger partial charge in [0.05, 0.1) is 17.0 Å². The van der Waals surface area contributed by atoms with Crippen molar-refractivity contribution in [3.05, 3.63) is 63.7 Å². The molecule has 176 valence electrons. The predicted molar refractivity (Wildman–Crippen MR) is 123 cm³/mol. The number of benzene rings is 1. The maximum Gasteiger partial charge on any atom is 0.320 e. The van der Waals surface area contributed by atoms with E-state index in [9.17, 15) is 14.9 Å². The lowest BCUT2D eigenvalue weighted by Gasteiger charge is -2.56. The fourth-order valence-electron chi connectivity index (χ4n) is 6.80. The molecule has 10 heteroatoms. The van der Waals surface area contributed by atoms with E-state index in [1.807, 2.05) is 31.2 Å². The number of nitrogens with zero attached hydrogens (tertiary/aromatic N) is 6. The van der Waals surface area contributed by atoms with Gasteiger partial charge in [0, 0.05) is 0 Å². The molecule has 0 saturated heterocycles. The van der Waals surface area contributed by atoms with E-state index in [2.05, 4.69) is 20.5 Å². The Hall–Kier alpha value is -3.56. The Bertz CT molecular complexity index is 1240. The number of anilines is 1. The standard InChI is InChI=1S/C24H27N7O3/c1-15-4-2-3-5-19(15)12-29-14-25-23(28-29)26-22(32)21-20(31(33)34)13-30(27-21)24-9-16-6-17(10-24)8-18(7-16)11-24/h2-5,13-14,16-18H,6-12H2,1H3,(H,26,28,32). The van der Waals surface area contributed by atoms with Gasteiger partial charge in [0.15, 0.2) is 0 Å². The Morgan fingerprint density at radius 3 is 2.47 bits per heavy atom. The van der Waals surface area contributed by atoms with Crippen LogP contribution in [0.5, 0.6) is 0 Å². The topological polar surface area (TPSA) is 121 Å². The van der Waals surface area contributed by atoms with Crippen LogP contribution in [0.25, 0.3) is 0 Å². The molecule has 4 bridgehead atoms. The van der Waals surface area contributed by atoms with Crippen LogP contribution in [0, 0.1) is 34.8 Å². The van der Waals surface area contributed by atoms with E-state index in [0.29, 0.717) is 24.3 Å². The maximum atomic E-state index is 13.0. The SMILES string of the molecule is Cc1ccccc1Cn1cnc(NC(=O)c2nn(C34CC5CC(CC(C5)C3)C4)cc2[N+](=O)[O-])n1. The molecule has 34 heavy (non-hydrogen) atoms. The van der Waals surface area contributed by atoms with Crippen LogP contribution in [0.4, 0.5) is 11.6 Å². The fraction of sp³-hybridized carbons (Fsp3) is 0.500. The summed E-state index contributed by atoms with van der Waals surface area (Å²) in [7, 11) is 0. The van der Waals surface area contributed by atoms with Crippen molar-refractivity contribution in [3.8, 4) is 0 Å². The number of aromatic nitrogens is 5. The highest BCUT2D eigenvalue weighted by Crippen LogP contribution is 2.58. The number of aryl methyl sites for hydroxylation is 1. The van der Waals surface area contributed by atoms with Crippen molar-refractivity contribution in [2.24, 2.45) is 17.8 Å². The summed E-state index contributed by atoms with van der Waals surface area (Å²) in [6, 6.07) is 7.96. The summed E-state index contributed by atoms with van der Waals surface area (Å²) in [5.74, 6) is 1.41. The van der Waals surface area contributed by atoms with Crippen LogP contribution < -0.4 is 5.32 Å². The number of hydrogen-bond acceptors (Lipinski definition) is 6. The van der Waals surface area contributed by atoms with Crippen LogP contribution in [0.3, 0.4) is 0 Å². The largest absolute Gasteiger partial charge is 0.320 e. The minimum atomic E-state index is -0.663. The molecule has 2 heterocycles. The molecule has 7 rings (SSSR count). The lowest BCUT2D eigenvalue weighted by atomic mass is 9.53. The molecule has 10 nitrogen and oxygen atoms in total. The molecule has 2 aromatic heterocycles. The van der Waals surface area contributed by atoms with E-state index in [-0.39, 0.29) is 22.9 Å².